The molecular formula is C25H25BrN2O6. The van der Waals surface area contributed by atoms with Gasteiger partial charge in [0.25, 0.3) is 11.7 Å². The van der Waals surface area contributed by atoms with Gasteiger partial charge in [-0.25, -0.2) is 0 Å². The third kappa shape index (κ3) is 4.43. The number of ketones is 1. The Bertz CT molecular complexity index is 1140. The van der Waals surface area contributed by atoms with Gasteiger partial charge in [0.05, 0.1) is 24.8 Å². The van der Waals surface area contributed by atoms with E-state index in [0.717, 1.165) is 29.7 Å². The summed E-state index contributed by atoms with van der Waals surface area (Å²) in [4.78, 5) is 30.2. The lowest BCUT2D eigenvalue weighted by molar-refractivity contribution is -0.140. The molecular weight excluding hydrogens is 504 g/mol. The Balaban J connectivity index is 1.48. The summed E-state index contributed by atoms with van der Waals surface area (Å²) in [7, 11) is 0. The average molecular weight is 529 g/mol. The minimum Gasteiger partial charge on any atom is -0.507 e. The second-order valence-electron chi connectivity index (χ2n) is 8.42. The van der Waals surface area contributed by atoms with Crippen molar-refractivity contribution < 1.29 is 28.9 Å². The van der Waals surface area contributed by atoms with Crippen molar-refractivity contribution in [3.05, 3.63) is 63.6 Å². The van der Waals surface area contributed by atoms with E-state index >= 15 is 0 Å². The van der Waals surface area contributed by atoms with Crippen LogP contribution in [0.1, 0.15) is 23.6 Å². The van der Waals surface area contributed by atoms with Gasteiger partial charge in [-0.2, -0.15) is 0 Å². The molecule has 178 valence electrons. The highest BCUT2D eigenvalue weighted by molar-refractivity contribution is 9.10. The maximum absolute atomic E-state index is 13.2. The highest BCUT2D eigenvalue weighted by Gasteiger charge is 2.46. The van der Waals surface area contributed by atoms with E-state index in [-0.39, 0.29) is 18.1 Å². The summed E-state index contributed by atoms with van der Waals surface area (Å²) < 4.78 is 17.0. The maximum atomic E-state index is 13.2. The summed E-state index contributed by atoms with van der Waals surface area (Å²) in [5.74, 6) is -0.454. The number of ether oxygens (including phenoxy) is 3. The molecule has 0 bridgehead atoms. The summed E-state index contributed by atoms with van der Waals surface area (Å²) in [6.45, 7) is 4.44. The van der Waals surface area contributed by atoms with Crippen LogP contribution in [0.3, 0.4) is 0 Å². The lowest BCUT2D eigenvalue weighted by atomic mass is 9.95. The monoisotopic (exact) mass is 528 g/mol. The summed E-state index contributed by atoms with van der Waals surface area (Å²) in [6, 6.07) is 11.8. The number of Topliss-reactive ketones (excluding diaryl/α,β-unsaturated/α-hetero) is 1. The van der Waals surface area contributed by atoms with Crippen molar-refractivity contribution in [2.45, 2.75) is 12.5 Å². The van der Waals surface area contributed by atoms with Crippen LogP contribution in [0.25, 0.3) is 5.76 Å². The van der Waals surface area contributed by atoms with Gasteiger partial charge >= 0.3 is 0 Å². The van der Waals surface area contributed by atoms with Crippen molar-refractivity contribution in [1.82, 2.24) is 9.80 Å². The molecule has 8 nitrogen and oxygen atoms in total. The second-order valence-corrected chi connectivity index (χ2v) is 9.34. The van der Waals surface area contributed by atoms with E-state index in [2.05, 4.69) is 20.8 Å². The molecule has 0 spiro atoms. The molecule has 2 saturated heterocycles. The Kier molecular flexibility index (Phi) is 6.58. The van der Waals surface area contributed by atoms with Gasteiger partial charge in [0.15, 0.2) is 11.5 Å². The fraction of sp³-hybridized carbons (Fsp3) is 0.360. The maximum Gasteiger partial charge on any atom is 0.295 e. The molecule has 0 aromatic heterocycles. The summed E-state index contributed by atoms with van der Waals surface area (Å²) in [5, 5.41) is 11.2. The first-order chi connectivity index (χ1) is 16.5. The first-order valence-corrected chi connectivity index (χ1v) is 12.1. The Morgan fingerprint density at radius 3 is 2.62 bits per heavy atom. The third-order valence-corrected chi connectivity index (χ3v) is 6.82. The Morgan fingerprint density at radius 2 is 1.82 bits per heavy atom. The van der Waals surface area contributed by atoms with Gasteiger partial charge in [-0.3, -0.25) is 14.5 Å². The molecule has 2 aromatic rings. The van der Waals surface area contributed by atoms with E-state index in [1.165, 1.54) is 0 Å². The predicted molar refractivity (Wildman–Crippen MR) is 128 cm³/mol. The van der Waals surface area contributed by atoms with E-state index in [9.17, 15) is 14.7 Å². The number of hydrogen-bond donors (Lipinski definition) is 1. The zero-order valence-electron chi connectivity index (χ0n) is 18.5. The van der Waals surface area contributed by atoms with Crippen molar-refractivity contribution >= 4 is 33.4 Å². The number of carbonyl (C=O) groups excluding carboxylic acids is 2. The zero-order chi connectivity index (χ0) is 23.7. The smallest absolute Gasteiger partial charge is 0.295 e. The lowest BCUT2D eigenvalue weighted by Crippen LogP contribution is -2.38. The number of fused-ring (bicyclic) bond motifs is 1. The number of amides is 1. The Hall–Kier alpha value is -2.88. The summed E-state index contributed by atoms with van der Waals surface area (Å²) in [5.41, 5.74) is 1.23. The fourth-order valence-corrected chi connectivity index (χ4v) is 5.04. The number of rotatable bonds is 6. The molecule has 0 saturated carbocycles. The van der Waals surface area contributed by atoms with Crippen molar-refractivity contribution in [2.24, 2.45) is 0 Å². The number of likely N-dealkylation sites (tertiary alicyclic amines) is 1. The molecule has 1 amide bonds. The number of nitrogens with zero attached hydrogens (tertiary/aromatic N) is 2. The van der Waals surface area contributed by atoms with Crippen molar-refractivity contribution in [2.75, 3.05) is 46.2 Å². The standard InChI is InChI=1S/C25H25BrN2O6/c26-18-4-1-3-16(13-18)22-21(23(29)17-5-6-19-20(14-17)34-15-33-19)24(30)25(31)28(22)8-2-7-27-9-11-32-12-10-27/h1,3-6,13-14,22,29H,2,7-12,15H2/t22-/m0/s1. The first-order valence-electron chi connectivity index (χ1n) is 11.3. The lowest BCUT2D eigenvalue weighted by Gasteiger charge is -2.29. The predicted octanol–water partition coefficient (Wildman–Crippen LogP) is 3.32. The molecule has 2 fully saturated rings. The van der Waals surface area contributed by atoms with Crippen LogP contribution in [-0.4, -0.2) is 72.8 Å². The number of hydrogen-bond acceptors (Lipinski definition) is 7. The second kappa shape index (κ2) is 9.77. The molecule has 0 aliphatic carbocycles. The molecule has 3 heterocycles. The van der Waals surface area contributed by atoms with Crippen LogP contribution < -0.4 is 9.47 Å². The topological polar surface area (TPSA) is 88.5 Å². The Morgan fingerprint density at radius 1 is 1.03 bits per heavy atom. The highest BCUT2D eigenvalue weighted by atomic mass is 79.9. The van der Waals surface area contributed by atoms with E-state index in [1.807, 2.05) is 24.3 Å². The molecule has 2 aromatic carbocycles. The first kappa shape index (κ1) is 22.9. The van der Waals surface area contributed by atoms with Crippen molar-refractivity contribution in [1.29, 1.82) is 0 Å². The summed E-state index contributed by atoms with van der Waals surface area (Å²) >= 11 is 3.48. The molecule has 0 unspecified atom stereocenters. The number of benzene rings is 2. The minimum absolute atomic E-state index is 0.0772. The van der Waals surface area contributed by atoms with Crippen molar-refractivity contribution in [3.63, 3.8) is 0 Å². The van der Waals surface area contributed by atoms with Crippen LogP contribution in [0, 0.1) is 0 Å². The molecule has 0 radical (unpaired) electrons. The number of carbonyl (C=O) groups is 2. The third-order valence-electron chi connectivity index (χ3n) is 6.33. The van der Waals surface area contributed by atoms with E-state index in [4.69, 9.17) is 14.2 Å². The number of halogens is 1. The van der Waals surface area contributed by atoms with Gasteiger partial charge in [-0.05, 0) is 42.3 Å². The van der Waals surface area contributed by atoms with E-state index < -0.39 is 17.7 Å². The van der Waals surface area contributed by atoms with Gasteiger partial charge < -0.3 is 24.2 Å². The Labute approximate surface area is 205 Å². The summed E-state index contributed by atoms with van der Waals surface area (Å²) in [6.07, 6.45) is 0.710. The van der Waals surface area contributed by atoms with Crippen LogP contribution in [0.15, 0.2) is 52.5 Å². The minimum atomic E-state index is -0.688. The molecule has 34 heavy (non-hydrogen) atoms. The van der Waals surface area contributed by atoms with Crippen LogP contribution >= 0.6 is 15.9 Å². The molecule has 9 heteroatoms. The number of aliphatic hydroxyl groups is 1. The molecule has 1 atom stereocenters. The molecule has 1 N–H and O–H groups in total. The average Bonchev–Trinajstić information content (AvgIpc) is 3.42. The largest absolute Gasteiger partial charge is 0.507 e. The van der Waals surface area contributed by atoms with Gasteiger partial charge in [0, 0.05) is 36.2 Å². The zero-order valence-corrected chi connectivity index (χ0v) is 20.1. The van der Waals surface area contributed by atoms with Crippen LogP contribution in [-0.2, 0) is 14.3 Å². The van der Waals surface area contributed by atoms with Crippen LogP contribution in [0.4, 0.5) is 0 Å². The van der Waals surface area contributed by atoms with Crippen LogP contribution in [0.5, 0.6) is 11.5 Å². The van der Waals surface area contributed by atoms with Gasteiger partial charge in [0.1, 0.15) is 5.76 Å². The fourth-order valence-electron chi connectivity index (χ4n) is 4.62. The van der Waals surface area contributed by atoms with Crippen molar-refractivity contribution in [3.8, 4) is 11.5 Å². The van der Waals surface area contributed by atoms with Gasteiger partial charge in [-0.1, -0.05) is 28.1 Å². The molecule has 5 rings (SSSR count). The quantitative estimate of drug-likeness (QED) is 0.349. The van der Waals surface area contributed by atoms with E-state index in [0.29, 0.717) is 43.2 Å². The van der Waals surface area contributed by atoms with Gasteiger partial charge in [0.2, 0.25) is 6.79 Å². The van der Waals surface area contributed by atoms with E-state index in [1.54, 1.807) is 23.1 Å². The molecule has 3 aliphatic rings. The number of morpholine rings is 1. The highest BCUT2D eigenvalue weighted by Crippen LogP contribution is 2.41. The molecule has 3 aliphatic heterocycles. The number of aliphatic hydroxyl groups excluding tert-OH is 1. The van der Waals surface area contributed by atoms with Crippen LogP contribution in [0.2, 0.25) is 0 Å². The SMILES string of the molecule is O=C1C(=O)N(CCCN2CCOCC2)[C@@H](c2cccc(Br)c2)C1=C(O)c1ccc2c(c1)OCO2. The normalized spacial score (nSPS) is 21.9. The van der Waals surface area contributed by atoms with Gasteiger partial charge in [-0.15, -0.1) is 0 Å².